The molecule has 1 aromatic rings. The van der Waals surface area contributed by atoms with Crippen LogP contribution in [0.5, 0.6) is 5.75 Å². The molecule has 7 heteroatoms. The number of hydrogen-bond acceptors (Lipinski definition) is 3. The number of rotatable bonds is 3. The quantitative estimate of drug-likeness (QED) is 0.802. The maximum absolute atomic E-state index is 12.3. The maximum Gasteiger partial charge on any atom is 0.496 e. The maximum atomic E-state index is 12.3. The Labute approximate surface area is 122 Å². The summed E-state index contributed by atoms with van der Waals surface area (Å²) >= 11 is 6.10. The second-order valence-corrected chi connectivity index (χ2v) is 6.06. The van der Waals surface area contributed by atoms with E-state index in [2.05, 4.69) is 4.74 Å². The van der Waals surface area contributed by atoms with E-state index in [0.717, 1.165) is 0 Å². The Hall–Kier alpha value is -0.845. The average Bonchev–Trinajstić information content (AvgIpc) is 2.50. The standard InChI is InChI=1S/C13H16BClF2O3/c1-12(2)13(3,4)20-14(19-12)9-7-8(18-11(16)17)5-6-10(9)15/h5-7,11H,1-4H3. The first-order valence-electron chi connectivity index (χ1n) is 6.22. The highest BCUT2D eigenvalue weighted by Gasteiger charge is 2.52. The summed E-state index contributed by atoms with van der Waals surface area (Å²) in [5, 5.41) is 0.380. The summed E-state index contributed by atoms with van der Waals surface area (Å²) in [5.74, 6) is 0.0223. The lowest BCUT2D eigenvalue weighted by atomic mass is 9.79. The predicted molar refractivity (Wildman–Crippen MR) is 73.8 cm³/mol. The summed E-state index contributed by atoms with van der Waals surface area (Å²) in [6, 6.07) is 4.28. The van der Waals surface area contributed by atoms with Crippen LogP contribution < -0.4 is 10.2 Å². The molecular formula is C13H16BClF2O3. The van der Waals surface area contributed by atoms with Gasteiger partial charge in [0.25, 0.3) is 0 Å². The zero-order chi connectivity index (χ0) is 15.1. The van der Waals surface area contributed by atoms with E-state index in [9.17, 15) is 8.78 Å². The first kappa shape index (κ1) is 15.5. The molecule has 1 aliphatic rings. The van der Waals surface area contributed by atoms with Crippen LogP contribution >= 0.6 is 11.6 Å². The van der Waals surface area contributed by atoms with Gasteiger partial charge in [-0.2, -0.15) is 8.78 Å². The molecule has 1 aromatic carbocycles. The lowest BCUT2D eigenvalue weighted by molar-refractivity contribution is -0.0498. The van der Waals surface area contributed by atoms with Crippen LogP contribution in [0.1, 0.15) is 27.7 Å². The van der Waals surface area contributed by atoms with Gasteiger partial charge in [-0.1, -0.05) is 11.6 Å². The normalized spacial score (nSPS) is 20.5. The molecule has 2 rings (SSSR count). The Morgan fingerprint density at radius 3 is 2.20 bits per heavy atom. The summed E-state index contributed by atoms with van der Waals surface area (Å²) in [5.41, 5.74) is -0.579. The zero-order valence-electron chi connectivity index (χ0n) is 11.7. The number of hydrogen-bond donors (Lipinski definition) is 0. The lowest BCUT2D eigenvalue weighted by Gasteiger charge is -2.32. The molecule has 1 saturated heterocycles. The second-order valence-electron chi connectivity index (χ2n) is 5.65. The Kier molecular flexibility index (Phi) is 4.02. The minimum atomic E-state index is -2.89. The van der Waals surface area contributed by atoms with E-state index in [0.29, 0.717) is 10.5 Å². The molecule has 1 fully saturated rings. The van der Waals surface area contributed by atoms with Gasteiger partial charge < -0.3 is 14.0 Å². The Morgan fingerprint density at radius 1 is 1.15 bits per heavy atom. The highest BCUT2D eigenvalue weighted by Crippen LogP contribution is 2.37. The van der Waals surface area contributed by atoms with Gasteiger partial charge in [-0.25, -0.2) is 0 Å². The molecule has 0 N–H and O–H groups in total. The average molecular weight is 305 g/mol. The molecule has 0 atom stereocenters. The molecule has 0 aromatic heterocycles. The van der Waals surface area contributed by atoms with Gasteiger partial charge in [0, 0.05) is 10.5 Å². The van der Waals surface area contributed by atoms with Gasteiger partial charge in [0.1, 0.15) is 5.75 Å². The smallest absolute Gasteiger partial charge is 0.435 e. The molecule has 0 radical (unpaired) electrons. The molecule has 0 spiro atoms. The largest absolute Gasteiger partial charge is 0.496 e. The molecule has 0 bridgehead atoms. The van der Waals surface area contributed by atoms with Crippen LogP contribution in [0.25, 0.3) is 0 Å². The van der Waals surface area contributed by atoms with Crippen LogP contribution in [0.4, 0.5) is 8.78 Å². The van der Waals surface area contributed by atoms with Crippen LogP contribution in [0.15, 0.2) is 18.2 Å². The van der Waals surface area contributed by atoms with Gasteiger partial charge in [0.05, 0.1) is 11.2 Å². The molecule has 0 aliphatic carbocycles. The summed E-state index contributed by atoms with van der Waals surface area (Å²) in [4.78, 5) is 0. The van der Waals surface area contributed by atoms with Crippen molar-refractivity contribution in [2.24, 2.45) is 0 Å². The van der Waals surface area contributed by atoms with Crippen LogP contribution in [0.2, 0.25) is 5.02 Å². The fourth-order valence-corrected chi connectivity index (χ4v) is 2.06. The fraction of sp³-hybridized carbons (Fsp3) is 0.538. The highest BCUT2D eigenvalue weighted by atomic mass is 35.5. The predicted octanol–water partition coefficient (Wildman–Crippen LogP) is 3.24. The monoisotopic (exact) mass is 304 g/mol. The molecule has 0 saturated carbocycles. The summed E-state index contributed by atoms with van der Waals surface area (Å²) < 4.78 is 40.6. The van der Waals surface area contributed by atoms with Crippen molar-refractivity contribution in [3.63, 3.8) is 0 Å². The molecular weight excluding hydrogens is 288 g/mol. The van der Waals surface area contributed by atoms with Crippen LogP contribution in [-0.2, 0) is 9.31 Å². The minimum absolute atomic E-state index is 0.0223. The fourth-order valence-electron chi connectivity index (χ4n) is 1.85. The molecule has 110 valence electrons. The molecule has 3 nitrogen and oxygen atoms in total. The summed E-state index contributed by atoms with van der Waals surface area (Å²) in [6.45, 7) is 4.73. The molecule has 0 unspecified atom stereocenters. The van der Waals surface area contributed by atoms with E-state index >= 15 is 0 Å². The summed E-state index contributed by atoms with van der Waals surface area (Å²) in [6.07, 6.45) is 0. The highest BCUT2D eigenvalue weighted by molar-refractivity contribution is 6.65. The molecule has 1 aliphatic heterocycles. The van der Waals surface area contributed by atoms with Crippen molar-refractivity contribution in [2.45, 2.75) is 45.5 Å². The summed E-state index contributed by atoms with van der Waals surface area (Å²) in [7, 11) is -0.714. The third-order valence-corrected chi connectivity index (χ3v) is 4.04. The van der Waals surface area contributed by atoms with E-state index in [4.69, 9.17) is 20.9 Å². The van der Waals surface area contributed by atoms with Crippen molar-refractivity contribution < 1.29 is 22.8 Å². The minimum Gasteiger partial charge on any atom is -0.435 e. The third-order valence-electron chi connectivity index (χ3n) is 3.70. The SMILES string of the molecule is CC1(C)OB(c2cc(OC(F)F)ccc2Cl)OC1(C)C. The van der Waals surface area contributed by atoms with Crippen molar-refractivity contribution >= 4 is 24.2 Å². The van der Waals surface area contributed by atoms with E-state index in [-0.39, 0.29) is 5.75 Å². The van der Waals surface area contributed by atoms with Crippen molar-refractivity contribution in [1.29, 1.82) is 0 Å². The first-order chi connectivity index (χ1) is 9.12. The van der Waals surface area contributed by atoms with Crippen molar-refractivity contribution in [2.75, 3.05) is 0 Å². The van der Waals surface area contributed by atoms with E-state index in [1.165, 1.54) is 18.2 Å². The van der Waals surface area contributed by atoms with Crippen LogP contribution in [-0.4, -0.2) is 24.9 Å². The van der Waals surface area contributed by atoms with Gasteiger partial charge in [-0.05, 0) is 45.9 Å². The number of benzene rings is 1. The Bertz CT molecular complexity index is 492. The van der Waals surface area contributed by atoms with Crippen LogP contribution in [0.3, 0.4) is 0 Å². The lowest BCUT2D eigenvalue weighted by Crippen LogP contribution is -2.41. The van der Waals surface area contributed by atoms with Gasteiger partial charge >= 0.3 is 13.7 Å². The molecule has 0 amide bonds. The number of alkyl halides is 2. The van der Waals surface area contributed by atoms with E-state index in [1.54, 1.807) is 0 Å². The van der Waals surface area contributed by atoms with Crippen LogP contribution in [0, 0.1) is 0 Å². The van der Waals surface area contributed by atoms with Gasteiger partial charge in [0.2, 0.25) is 0 Å². The molecule has 20 heavy (non-hydrogen) atoms. The van der Waals surface area contributed by atoms with E-state index in [1.807, 2.05) is 27.7 Å². The Balaban J connectivity index is 2.30. The zero-order valence-corrected chi connectivity index (χ0v) is 12.5. The van der Waals surface area contributed by atoms with Crippen molar-refractivity contribution in [3.05, 3.63) is 23.2 Å². The Morgan fingerprint density at radius 2 is 1.70 bits per heavy atom. The molecule has 1 heterocycles. The van der Waals surface area contributed by atoms with Crippen molar-refractivity contribution in [1.82, 2.24) is 0 Å². The van der Waals surface area contributed by atoms with Gasteiger partial charge in [0.15, 0.2) is 0 Å². The number of halogens is 3. The van der Waals surface area contributed by atoms with Crippen molar-refractivity contribution in [3.8, 4) is 5.75 Å². The number of ether oxygens (including phenoxy) is 1. The topological polar surface area (TPSA) is 27.7 Å². The van der Waals surface area contributed by atoms with E-state index < -0.39 is 24.9 Å². The van der Waals surface area contributed by atoms with Gasteiger partial charge in [-0.15, -0.1) is 0 Å². The third kappa shape index (κ3) is 2.92. The first-order valence-corrected chi connectivity index (χ1v) is 6.60. The second kappa shape index (κ2) is 5.17. The van der Waals surface area contributed by atoms with Gasteiger partial charge in [-0.3, -0.25) is 0 Å².